The molecule has 0 fully saturated rings. The molecule has 0 unspecified atom stereocenters. The molecule has 0 amide bonds. The first-order valence-corrected chi connectivity index (χ1v) is 11.8. The van der Waals surface area contributed by atoms with Crippen molar-refractivity contribution in [2.45, 2.75) is 96.8 Å². The summed E-state index contributed by atoms with van der Waals surface area (Å²) in [6, 6.07) is 0. The van der Waals surface area contributed by atoms with Gasteiger partial charge in [0.1, 0.15) is 0 Å². The Morgan fingerprint density at radius 2 is 1.24 bits per heavy atom. The van der Waals surface area contributed by atoms with Gasteiger partial charge in [-0.15, -0.1) is 0 Å². The van der Waals surface area contributed by atoms with Crippen LogP contribution in [0.5, 0.6) is 0 Å². The highest BCUT2D eigenvalue weighted by Crippen LogP contribution is 2.10. The van der Waals surface area contributed by atoms with E-state index in [4.69, 9.17) is 9.29 Å². The lowest BCUT2D eigenvalue weighted by atomic mass is 10.1. The average Bonchev–Trinajstić information content (AvgIpc) is 2.57. The molecule has 0 aromatic heterocycles. The number of hydrogen-bond donors (Lipinski definition) is 1. The Morgan fingerprint density at radius 3 is 1.76 bits per heavy atom. The third kappa shape index (κ3) is 19.8. The van der Waals surface area contributed by atoms with Gasteiger partial charge in [0.2, 0.25) is 0 Å². The lowest BCUT2D eigenvalue weighted by Crippen LogP contribution is -2.14. The fraction of sp³-hybridized carbons (Fsp3) is 0.900. The molecule has 0 rings (SSSR count). The summed E-state index contributed by atoms with van der Waals surface area (Å²) in [6.45, 7) is 2.12. The van der Waals surface area contributed by atoms with Crippen molar-refractivity contribution >= 4 is 10.1 Å². The van der Waals surface area contributed by atoms with E-state index in [0.717, 1.165) is 19.3 Å². The lowest BCUT2D eigenvalue weighted by Gasteiger charge is -2.04. The molecular weight excluding hydrogens is 336 g/mol. The standard InChI is InChI=1S/C20H40O4S/c1-2-3-4-5-6-7-8-9-10-11-12-13-14-15-16-17-19-24-25(22,23)20-18-21/h9-10,21H,2-8,11-20H2,1H3/b10-9-. The monoisotopic (exact) mass is 376 g/mol. The number of aliphatic hydroxyl groups excluding tert-OH is 1. The van der Waals surface area contributed by atoms with Crippen LogP contribution in [-0.2, 0) is 14.3 Å². The van der Waals surface area contributed by atoms with Gasteiger partial charge in [-0.05, 0) is 32.1 Å². The van der Waals surface area contributed by atoms with Gasteiger partial charge in [0.15, 0.2) is 0 Å². The van der Waals surface area contributed by atoms with Crippen LogP contribution in [0, 0.1) is 0 Å². The van der Waals surface area contributed by atoms with Crippen molar-refractivity contribution in [1.29, 1.82) is 0 Å². The summed E-state index contributed by atoms with van der Waals surface area (Å²) in [5.41, 5.74) is 0. The first-order chi connectivity index (χ1) is 12.1. The van der Waals surface area contributed by atoms with Gasteiger partial charge < -0.3 is 5.11 Å². The van der Waals surface area contributed by atoms with Crippen LogP contribution < -0.4 is 0 Å². The molecule has 0 radical (unpaired) electrons. The number of unbranched alkanes of at least 4 members (excludes halogenated alkanes) is 12. The number of allylic oxidation sites excluding steroid dienone is 2. The Hall–Kier alpha value is -0.390. The van der Waals surface area contributed by atoms with E-state index in [1.54, 1.807) is 0 Å². The van der Waals surface area contributed by atoms with Crippen molar-refractivity contribution in [1.82, 2.24) is 0 Å². The zero-order valence-electron chi connectivity index (χ0n) is 16.3. The van der Waals surface area contributed by atoms with Gasteiger partial charge >= 0.3 is 0 Å². The molecule has 0 atom stereocenters. The summed E-state index contributed by atoms with van der Waals surface area (Å²) in [5, 5.41) is 8.58. The van der Waals surface area contributed by atoms with E-state index in [1.807, 2.05) is 0 Å². The Kier molecular flexibility index (Phi) is 18.1. The zero-order valence-corrected chi connectivity index (χ0v) is 17.1. The fourth-order valence-electron chi connectivity index (χ4n) is 2.71. The molecule has 0 aliphatic heterocycles. The summed E-state index contributed by atoms with van der Waals surface area (Å²) in [7, 11) is -3.51. The van der Waals surface area contributed by atoms with E-state index in [1.165, 1.54) is 70.6 Å². The molecule has 0 bridgehead atoms. The Labute approximate surface area is 156 Å². The van der Waals surface area contributed by atoms with E-state index in [0.29, 0.717) is 0 Å². The van der Waals surface area contributed by atoms with Gasteiger partial charge in [-0.3, -0.25) is 4.18 Å². The molecule has 150 valence electrons. The van der Waals surface area contributed by atoms with Crippen LogP contribution in [-0.4, -0.2) is 32.5 Å². The highest BCUT2D eigenvalue weighted by atomic mass is 32.2. The molecule has 0 heterocycles. The van der Waals surface area contributed by atoms with Crippen molar-refractivity contribution in [3.05, 3.63) is 12.2 Å². The van der Waals surface area contributed by atoms with Crippen LogP contribution in [0.3, 0.4) is 0 Å². The molecular formula is C20H40O4S. The molecule has 5 heteroatoms. The van der Waals surface area contributed by atoms with Crippen molar-refractivity contribution in [2.75, 3.05) is 19.0 Å². The summed E-state index contributed by atoms with van der Waals surface area (Å²) < 4.78 is 27.2. The van der Waals surface area contributed by atoms with Crippen LogP contribution in [0.15, 0.2) is 12.2 Å². The van der Waals surface area contributed by atoms with Gasteiger partial charge in [-0.1, -0.05) is 76.9 Å². The first-order valence-electron chi connectivity index (χ1n) is 10.3. The van der Waals surface area contributed by atoms with Crippen LogP contribution in [0.25, 0.3) is 0 Å². The quantitative estimate of drug-likeness (QED) is 0.187. The zero-order chi connectivity index (χ0) is 18.6. The largest absolute Gasteiger partial charge is 0.395 e. The number of aliphatic hydroxyl groups is 1. The summed E-state index contributed by atoms with van der Waals surface area (Å²) >= 11 is 0. The Morgan fingerprint density at radius 1 is 0.760 bits per heavy atom. The second-order valence-corrected chi connectivity index (χ2v) is 8.50. The summed E-state index contributed by atoms with van der Waals surface area (Å²) in [4.78, 5) is 0. The van der Waals surface area contributed by atoms with E-state index < -0.39 is 10.1 Å². The molecule has 0 aliphatic rings. The van der Waals surface area contributed by atoms with Gasteiger partial charge in [0.05, 0.1) is 19.0 Å². The molecule has 1 N–H and O–H groups in total. The van der Waals surface area contributed by atoms with Gasteiger partial charge in [-0.2, -0.15) is 8.42 Å². The minimum Gasteiger partial charge on any atom is -0.395 e. The maximum Gasteiger partial charge on any atom is 0.269 e. The smallest absolute Gasteiger partial charge is 0.269 e. The SMILES string of the molecule is CCCCCCCC/C=C\CCCCCCCCOS(=O)(=O)CCO. The molecule has 0 saturated carbocycles. The molecule has 25 heavy (non-hydrogen) atoms. The van der Waals surface area contributed by atoms with Gasteiger partial charge in [-0.25, -0.2) is 0 Å². The predicted octanol–water partition coefficient (Wildman–Crippen LogP) is 5.36. The Bertz CT molecular complexity index is 391. The molecule has 0 aliphatic carbocycles. The average molecular weight is 377 g/mol. The maximum absolute atomic E-state index is 11.2. The van der Waals surface area contributed by atoms with E-state index in [2.05, 4.69) is 19.1 Å². The lowest BCUT2D eigenvalue weighted by molar-refractivity contribution is 0.285. The van der Waals surface area contributed by atoms with Crippen molar-refractivity contribution < 1.29 is 17.7 Å². The molecule has 0 saturated heterocycles. The van der Waals surface area contributed by atoms with Gasteiger partial charge in [0.25, 0.3) is 10.1 Å². The molecule has 4 nitrogen and oxygen atoms in total. The predicted molar refractivity (Wildman–Crippen MR) is 106 cm³/mol. The fourth-order valence-corrected chi connectivity index (χ4v) is 3.42. The number of rotatable bonds is 19. The molecule has 0 aromatic carbocycles. The minimum atomic E-state index is -3.51. The van der Waals surface area contributed by atoms with E-state index in [-0.39, 0.29) is 19.0 Å². The van der Waals surface area contributed by atoms with E-state index in [9.17, 15) is 8.42 Å². The second-order valence-electron chi connectivity index (χ2n) is 6.75. The van der Waals surface area contributed by atoms with Crippen LogP contribution in [0.1, 0.15) is 96.8 Å². The van der Waals surface area contributed by atoms with Crippen LogP contribution in [0.2, 0.25) is 0 Å². The van der Waals surface area contributed by atoms with Crippen molar-refractivity contribution in [3.8, 4) is 0 Å². The maximum atomic E-state index is 11.2. The van der Waals surface area contributed by atoms with Crippen molar-refractivity contribution in [3.63, 3.8) is 0 Å². The third-order valence-electron chi connectivity index (χ3n) is 4.26. The van der Waals surface area contributed by atoms with Crippen molar-refractivity contribution in [2.24, 2.45) is 0 Å². The van der Waals surface area contributed by atoms with Crippen LogP contribution >= 0.6 is 0 Å². The highest BCUT2D eigenvalue weighted by molar-refractivity contribution is 7.86. The second kappa shape index (κ2) is 18.4. The highest BCUT2D eigenvalue weighted by Gasteiger charge is 2.08. The molecule has 0 spiro atoms. The third-order valence-corrected chi connectivity index (χ3v) is 5.47. The normalized spacial score (nSPS) is 12.2. The first kappa shape index (κ1) is 24.6. The topological polar surface area (TPSA) is 63.6 Å². The summed E-state index contributed by atoms with van der Waals surface area (Å²) in [6.07, 6.45) is 21.8. The number of hydrogen-bond acceptors (Lipinski definition) is 4. The van der Waals surface area contributed by atoms with E-state index >= 15 is 0 Å². The Balaban J connectivity index is 3.22. The van der Waals surface area contributed by atoms with Gasteiger partial charge in [0, 0.05) is 0 Å². The van der Waals surface area contributed by atoms with Crippen LogP contribution in [0.4, 0.5) is 0 Å². The molecule has 0 aromatic rings. The summed E-state index contributed by atoms with van der Waals surface area (Å²) in [5.74, 6) is -0.306. The minimum absolute atomic E-state index is 0.240.